The lowest BCUT2D eigenvalue weighted by Crippen LogP contribution is -2.27. The van der Waals surface area contributed by atoms with Crippen molar-refractivity contribution in [2.75, 3.05) is 17.2 Å². The maximum absolute atomic E-state index is 11.9. The monoisotopic (exact) mass is 299 g/mol. The zero-order valence-corrected chi connectivity index (χ0v) is 12.0. The van der Waals surface area contributed by atoms with Gasteiger partial charge in [0.1, 0.15) is 11.9 Å². The van der Waals surface area contributed by atoms with Gasteiger partial charge in [-0.05, 0) is 37.1 Å². The van der Waals surface area contributed by atoms with E-state index in [1.807, 2.05) is 18.2 Å². The van der Waals surface area contributed by atoms with E-state index in [2.05, 4.69) is 25.8 Å². The molecular formula is C15H17N5O2. The van der Waals surface area contributed by atoms with Gasteiger partial charge in [0.15, 0.2) is 5.82 Å². The fourth-order valence-electron chi connectivity index (χ4n) is 2.17. The number of rotatable bonds is 5. The molecule has 2 aromatic rings. The van der Waals surface area contributed by atoms with Crippen LogP contribution < -0.4 is 10.6 Å². The van der Waals surface area contributed by atoms with Gasteiger partial charge in [0.2, 0.25) is 0 Å². The number of hydrogen-bond acceptors (Lipinski definition) is 6. The number of carbonyl (C=O) groups is 1. The van der Waals surface area contributed by atoms with Gasteiger partial charge < -0.3 is 15.4 Å². The number of nitrogens with one attached hydrogen (secondary N) is 2. The average Bonchev–Trinajstić information content (AvgIpc) is 3.10. The van der Waals surface area contributed by atoms with Crippen molar-refractivity contribution in [2.45, 2.75) is 25.5 Å². The van der Waals surface area contributed by atoms with Gasteiger partial charge in [0.25, 0.3) is 5.91 Å². The summed E-state index contributed by atoms with van der Waals surface area (Å²) in [5.74, 6) is 0.880. The summed E-state index contributed by atoms with van der Waals surface area (Å²) in [7, 11) is 0. The summed E-state index contributed by atoms with van der Waals surface area (Å²) >= 11 is 0. The van der Waals surface area contributed by atoms with Crippen LogP contribution in [-0.2, 0) is 16.1 Å². The molecule has 0 aliphatic carbocycles. The van der Waals surface area contributed by atoms with E-state index in [1.165, 1.54) is 0 Å². The van der Waals surface area contributed by atoms with E-state index >= 15 is 0 Å². The summed E-state index contributed by atoms with van der Waals surface area (Å²) in [4.78, 5) is 16.1. The van der Waals surface area contributed by atoms with E-state index in [4.69, 9.17) is 4.74 Å². The first kappa shape index (κ1) is 14.4. The van der Waals surface area contributed by atoms with Gasteiger partial charge in [-0.3, -0.25) is 9.78 Å². The molecule has 3 heterocycles. The molecule has 2 N–H and O–H groups in total. The summed E-state index contributed by atoms with van der Waals surface area (Å²) in [6.45, 7) is 1.21. The molecule has 0 spiro atoms. The van der Waals surface area contributed by atoms with Gasteiger partial charge in [-0.25, -0.2) is 0 Å². The highest BCUT2D eigenvalue weighted by Gasteiger charge is 2.23. The van der Waals surface area contributed by atoms with Crippen LogP contribution in [0, 0.1) is 0 Å². The Hall–Kier alpha value is -2.54. The van der Waals surface area contributed by atoms with Crippen LogP contribution >= 0.6 is 0 Å². The van der Waals surface area contributed by atoms with E-state index in [9.17, 15) is 4.79 Å². The minimum atomic E-state index is -0.372. The Morgan fingerprint density at radius 2 is 2.09 bits per heavy atom. The van der Waals surface area contributed by atoms with Crippen molar-refractivity contribution in [1.29, 1.82) is 0 Å². The molecule has 114 valence electrons. The smallest absolute Gasteiger partial charge is 0.254 e. The van der Waals surface area contributed by atoms with Crippen LogP contribution in [0.1, 0.15) is 18.5 Å². The number of anilines is 2. The molecule has 22 heavy (non-hydrogen) atoms. The lowest BCUT2D eigenvalue weighted by atomic mass is 10.2. The number of hydrogen-bond donors (Lipinski definition) is 2. The zero-order valence-electron chi connectivity index (χ0n) is 12.0. The van der Waals surface area contributed by atoms with Crippen LogP contribution in [0.15, 0.2) is 36.5 Å². The van der Waals surface area contributed by atoms with Gasteiger partial charge in [-0.1, -0.05) is 6.07 Å². The summed E-state index contributed by atoms with van der Waals surface area (Å²) in [5, 5.41) is 13.8. The topological polar surface area (TPSA) is 89.0 Å². The lowest BCUT2D eigenvalue weighted by Gasteiger charge is -2.09. The molecule has 1 unspecified atom stereocenters. The molecule has 3 rings (SSSR count). The van der Waals surface area contributed by atoms with Crippen LogP contribution in [0.2, 0.25) is 0 Å². The van der Waals surface area contributed by atoms with Gasteiger partial charge in [-0.2, -0.15) is 0 Å². The number of ether oxygens (including phenoxy) is 1. The quantitative estimate of drug-likeness (QED) is 0.871. The Morgan fingerprint density at radius 1 is 1.23 bits per heavy atom. The summed E-state index contributed by atoms with van der Waals surface area (Å²) < 4.78 is 5.32. The maximum atomic E-state index is 11.9. The third-order valence-corrected chi connectivity index (χ3v) is 3.31. The number of pyridine rings is 1. The summed E-state index contributed by atoms with van der Waals surface area (Å²) in [6.07, 6.45) is 3.04. The van der Waals surface area contributed by atoms with Crippen molar-refractivity contribution in [3.63, 3.8) is 0 Å². The molecule has 1 aliphatic heterocycles. The molecule has 2 aromatic heterocycles. The molecule has 0 saturated carbocycles. The first-order valence-electron chi connectivity index (χ1n) is 7.21. The minimum absolute atomic E-state index is 0.166. The first-order chi connectivity index (χ1) is 10.8. The number of amides is 1. The SMILES string of the molecule is O=C(Nc1ccc(NCc2ccccn2)nn1)C1CCCO1. The third-order valence-electron chi connectivity index (χ3n) is 3.31. The van der Waals surface area contributed by atoms with E-state index < -0.39 is 0 Å². The Bertz CT molecular complexity index is 612. The van der Waals surface area contributed by atoms with Crippen molar-refractivity contribution < 1.29 is 9.53 Å². The van der Waals surface area contributed by atoms with E-state index in [0.717, 1.165) is 18.5 Å². The zero-order chi connectivity index (χ0) is 15.2. The second-order valence-electron chi connectivity index (χ2n) is 4.97. The molecule has 1 saturated heterocycles. The lowest BCUT2D eigenvalue weighted by molar-refractivity contribution is -0.124. The Kier molecular flexibility index (Phi) is 4.55. The molecule has 1 amide bonds. The van der Waals surface area contributed by atoms with E-state index in [0.29, 0.717) is 24.8 Å². The summed E-state index contributed by atoms with van der Waals surface area (Å²) in [5.41, 5.74) is 0.917. The van der Waals surface area contributed by atoms with E-state index in [-0.39, 0.29) is 12.0 Å². The van der Waals surface area contributed by atoms with Gasteiger partial charge in [0, 0.05) is 12.8 Å². The molecule has 7 heteroatoms. The minimum Gasteiger partial charge on any atom is -0.368 e. The van der Waals surface area contributed by atoms with Crippen LogP contribution in [0.3, 0.4) is 0 Å². The molecule has 1 aliphatic rings. The second-order valence-corrected chi connectivity index (χ2v) is 4.97. The predicted octanol–water partition coefficient (Wildman–Crippen LogP) is 1.60. The van der Waals surface area contributed by atoms with Crippen molar-refractivity contribution in [2.24, 2.45) is 0 Å². The number of aromatic nitrogens is 3. The second kappa shape index (κ2) is 6.95. The Morgan fingerprint density at radius 3 is 2.77 bits per heavy atom. The normalized spacial score (nSPS) is 17.2. The van der Waals surface area contributed by atoms with Crippen molar-refractivity contribution in [3.8, 4) is 0 Å². The average molecular weight is 299 g/mol. The third kappa shape index (κ3) is 3.76. The van der Waals surface area contributed by atoms with Crippen LogP contribution in [0.5, 0.6) is 0 Å². The van der Waals surface area contributed by atoms with Gasteiger partial charge >= 0.3 is 0 Å². The van der Waals surface area contributed by atoms with Crippen LogP contribution in [0.25, 0.3) is 0 Å². The summed E-state index contributed by atoms with van der Waals surface area (Å²) in [6, 6.07) is 9.20. The largest absolute Gasteiger partial charge is 0.368 e. The van der Waals surface area contributed by atoms with Crippen LogP contribution in [0.4, 0.5) is 11.6 Å². The molecule has 0 bridgehead atoms. The fourth-order valence-corrected chi connectivity index (χ4v) is 2.17. The molecule has 1 atom stereocenters. The van der Waals surface area contributed by atoms with Gasteiger partial charge in [0.05, 0.1) is 12.2 Å². The highest BCUT2D eigenvalue weighted by atomic mass is 16.5. The highest BCUT2D eigenvalue weighted by molar-refractivity contribution is 5.93. The highest BCUT2D eigenvalue weighted by Crippen LogP contribution is 2.14. The number of carbonyl (C=O) groups excluding carboxylic acids is 1. The van der Waals surface area contributed by atoms with Crippen molar-refractivity contribution >= 4 is 17.5 Å². The maximum Gasteiger partial charge on any atom is 0.254 e. The molecule has 1 fully saturated rings. The van der Waals surface area contributed by atoms with Crippen molar-refractivity contribution in [3.05, 3.63) is 42.2 Å². The molecule has 0 radical (unpaired) electrons. The van der Waals surface area contributed by atoms with Gasteiger partial charge in [-0.15, -0.1) is 10.2 Å². The van der Waals surface area contributed by atoms with Crippen LogP contribution in [-0.4, -0.2) is 33.8 Å². The van der Waals surface area contributed by atoms with E-state index in [1.54, 1.807) is 18.3 Å². The Balaban J connectivity index is 1.52. The molecule has 0 aromatic carbocycles. The first-order valence-corrected chi connectivity index (χ1v) is 7.21. The fraction of sp³-hybridized carbons (Fsp3) is 0.333. The number of nitrogens with zero attached hydrogens (tertiary/aromatic N) is 3. The Labute approximate surface area is 128 Å². The molecule has 7 nitrogen and oxygen atoms in total. The predicted molar refractivity (Wildman–Crippen MR) is 81.2 cm³/mol. The standard InChI is InChI=1S/C15H17N5O2/c21-15(12-5-3-9-22-12)18-14-7-6-13(19-20-14)17-10-11-4-1-2-8-16-11/h1-2,4,6-8,12H,3,5,9-10H2,(H,17,19)(H,18,20,21). The van der Waals surface area contributed by atoms with Crippen molar-refractivity contribution in [1.82, 2.24) is 15.2 Å². The molecular weight excluding hydrogens is 282 g/mol.